The van der Waals surface area contributed by atoms with Gasteiger partial charge in [0.1, 0.15) is 12.4 Å². The number of carbonyl (C=O) groups is 1. The number of nitrogens with zero attached hydrogens (tertiary/aromatic N) is 1. The summed E-state index contributed by atoms with van der Waals surface area (Å²) in [4.78, 5) is 16.9. The van der Waals surface area contributed by atoms with Crippen LogP contribution in [0.5, 0.6) is 5.75 Å². The van der Waals surface area contributed by atoms with E-state index in [4.69, 9.17) is 16.3 Å². The first-order valence-electron chi connectivity index (χ1n) is 15.9. The maximum atomic E-state index is 13.8. The van der Waals surface area contributed by atoms with Crippen molar-refractivity contribution < 1.29 is 23.1 Å². The van der Waals surface area contributed by atoms with Crippen LogP contribution in [0, 0.1) is 17.8 Å². The van der Waals surface area contributed by atoms with E-state index in [1.807, 2.05) is 54.8 Å². The van der Waals surface area contributed by atoms with Crippen molar-refractivity contribution in [3.8, 4) is 5.75 Å². The van der Waals surface area contributed by atoms with Crippen LogP contribution in [0.4, 0.5) is 5.69 Å². The second-order valence-corrected chi connectivity index (χ2v) is 16.1. The SMILES string of the molecule is CC1C/C=C/[C@H](O)[C@@H]2CC[C@H]2CN2CCCCc3cc(Cl)ccc3COc3ccc(cc32)C(=O)NS(=O)(=O)C1Cc1cccs1. The molecule has 1 aromatic heterocycles. The molecule has 1 saturated carbocycles. The summed E-state index contributed by atoms with van der Waals surface area (Å²) >= 11 is 7.83. The fourth-order valence-electron chi connectivity index (χ4n) is 6.87. The highest BCUT2D eigenvalue weighted by molar-refractivity contribution is 7.90. The number of hydrogen-bond acceptors (Lipinski definition) is 7. The van der Waals surface area contributed by atoms with Gasteiger partial charge in [-0.2, -0.15) is 0 Å². The molecule has 0 saturated heterocycles. The molecule has 1 fully saturated rings. The fraction of sp³-hybridized carbons (Fsp3) is 0.457. The number of aliphatic hydroxyl groups excluding tert-OH is 1. The van der Waals surface area contributed by atoms with E-state index < -0.39 is 27.3 Å². The van der Waals surface area contributed by atoms with E-state index in [-0.39, 0.29) is 23.3 Å². The first kappa shape index (κ1) is 32.1. The van der Waals surface area contributed by atoms with Gasteiger partial charge in [0.25, 0.3) is 5.91 Å². The number of rotatable bonds is 2. The molecular formula is C35H41ClN2O5S2. The second kappa shape index (κ2) is 13.9. The number of allylic oxidation sites excluding steroid dienone is 1. The van der Waals surface area contributed by atoms with Crippen molar-refractivity contribution >= 4 is 44.6 Å². The lowest BCUT2D eigenvalue weighted by atomic mass is 9.70. The Bertz CT molecular complexity index is 1640. The second-order valence-electron chi connectivity index (χ2n) is 12.7. The maximum Gasteiger partial charge on any atom is 0.264 e. The zero-order valence-corrected chi connectivity index (χ0v) is 27.9. The molecule has 6 rings (SSSR count). The van der Waals surface area contributed by atoms with Gasteiger partial charge in [0.05, 0.1) is 17.0 Å². The van der Waals surface area contributed by atoms with Gasteiger partial charge < -0.3 is 14.7 Å². The molecule has 5 atom stereocenters. The number of sulfonamides is 1. The normalized spacial score (nSPS) is 27.8. The summed E-state index contributed by atoms with van der Waals surface area (Å²) in [6, 6.07) is 14.9. The highest BCUT2D eigenvalue weighted by atomic mass is 35.5. The highest BCUT2D eigenvalue weighted by Crippen LogP contribution is 2.41. The Morgan fingerprint density at radius 3 is 2.76 bits per heavy atom. The van der Waals surface area contributed by atoms with E-state index in [2.05, 4.69) is 9.62 Å². The zero-order chi connectivity index (χ0) is 31.6. The topological polar surface area (TPSA) is 95.9 Å². The smallest absolute Gasteiger partial charge is 0.264 e. The van der Waals surface area contributed by atoms with E-state index >= 15 is 0 Å². The summed E-state index contributed by atoms with van der Waals surface area (Å²) in [5, 5.41) is 13.0. The molecule has 45 heavy (non-hydrogen) atoms. The van der Waals surface area contributed by atoms with Gasteiger partial charge in [-0.3, -0.25) is 4.79 Å². The summed E-state index contributed by atoms with van der Waals surface area (Å²) in [5.74, 6) is 0.123. The van der Waals surface area contributed by atoms with Gasteiger partial charge in [0.2, 0.25) is 10.0 Å². The molecule has 10 heteroatoms. The lowest BCUT2D eigenvalue weighted by Gasteiger charge is -2.42. The van der Waals surface area contributed by atoms with Crippen molar-refractivity contribution in [2.24, 2.45) is 17.8 Å². The van der Waals surface area contributed by atoms with Gasteiger partial charge in [-0.15, -0.1) is 11.3 Å². The van der Waals surface area contributed by atoms with E-state index in [0.29, 0.717) is 36.8 Å². The van der Waals surface area contributed by atoms with E-state index in [1.165, 1.54) is 16.9 Å². The number of benzene rings is 2. The quantitative estimate of drug-likeness (QED) is 0.293. The Morgan fingerprint density at radius 1 is 1.11 bits per heavy atom. The lowest BCUT2D eigenvalue weighted by molar-refractivity contribution is 0.0461. The van der Waals surface area contributed by atoms with Gasteiger partial charge in [-0.05, 0) is 109 Å². The van der Waals surface area contributed by atoms with Crippen molar-refractivity contribution in [2.75, 3.05) is 18.0 Å². The number of nitrogens with one attached hydrogen (secondary N) is 1. The van der Waals surface area contributed by atoms with E-state index in [1.54, 1.807) is 18.2 Å². The third-order valence-corrected chi connectivity index (χ3v) is 12.7. The minimum Gasteiger partial charge on any atom is -0.487 e. The Balaban J connectivity index is 1.38. The summed E-state index contributed by atoms with van der Waals surface area (Å²) in [6.07, 6.45) is 8.67. The monoisotopic (exact) mass is 668 g/mol. The van der Waals surface area contributed by atoms with Crippen LogP contribution in [-0.2, 0) is 29.5 Å². The van der Waals surface area contributed by atoms with Crippen LogP contribution in [-0.4, -0.2) is 43.9 Å². The molecule has 1 aliphatic carbocycles. The average molecular weight is 669 g/mol. The molecule has 2 bridgehead atoms. The summed E-state index contributed by atoms with van der Waals surface area (Å²) in [7, 11) is -4.04. The Morgan fingerprint density at radius 2 is 1.98 bits per heavy atom. The molecular weight excluding hydrogens is 628 g/mol. The first-order valence-corrected chi connectivity index (χ1v) is 18.7. The van der Waals surface area contributed by atoms with Crippen LogP contribution >= 0.6 is 22.9 Å². The van der Waals surface area contributed by atoms with Crippen molar-refractivity contribution in [1.29, 1.82) is 0 Å². The number of fused-ring (bicyclic) bond motifs is 3. The molecule has 7 nitrogen and oxygen atoms in total. The van der Waals surface area contributed by atoms with E-state index in [0.717, 1.165) is 54.8 Å². The molecule has 0 spiro atoms. The number of anilines is 1. The Labute approximate surface area is 275 Å². The molecule has 2 unspecified atom stereocenters. The summed E-state index contributed by atoms with van der Waals surface area (Å²) in [6.45, 7) is 3.71. The van der Waals surface area contributed by atoms with Crippen LogP contribution < -0.4 is 14.4 Å². The van der Waals surface area contributed by atoms with Crippen LogP contribution in [0.25, 0.3) is 0 Å². The number of hydrogen-bond donors (Lipinski definition) is 2. The van der Waals surface area contributed by atoms with Gasteiger partial charge in [-0.25, -0.2) is 13.1 Å². The lowest BCUT2D eigenvalue weighted by Crippen LogP contribution is -2.44. The average Bonchev–Trinajstić information content (AvgIpc) is 3.50. The van der Waals surface area contributed by atoms with Gasteiger partial charge in [0, 0.05) is 35.0 Å². The van der Waals surface area contributed by atoms with Crippen LogP contribution in [0.3, 0.4) is 0 Å². The third-order valence-electron chi connectivity index (χ3n) is 9.70. The third kappa shape index (κ3) is 7.43. The number of halogens is 1. The number of aliphatic hydroxyl groups is 1. The van der Waals surface area contributed by atoms with Crippen LogP contribution in [0.15, 0.2) is 66.1 Å². The minimum atomic E-state index is -4.04. The van der Waals surface area contributed by atoms with Gasteiger partial charge in [0.15, 0.2) is 0 Å². The molecule has 0 radical (unpaired) electrons. The van der Waals surface area contributed by atoms with Crippen LogP contribution in [0.2, 0.25) is 5.02 Å². The number of thiophene rings is 1. The van der Waals surface area contributed by atoms with E-state index in [9.17, 15) is 18.3 Å². The van der Waals surface area contributed by atoms with Crippen LogP contribution in [0.1, 0.15) is 65.4 Å². The molecule has 2 aliphatic heterocycles. The van der Waals surface area contributed by atoms with Gasteiger partial charge >= 0.3 is 0 Å². The molecule has 2 aromatic carbocycles. The first-order chi connectivity index (χ1) is 21.7. The number of carbonyl (C=O) groups excluding carboxylic acids is 1. The Kier molecular flexibility index (Phi) is 9.90. The minimum absolute atomic E-state index is 0.121. The van der Waals surface area contributed by atoms with Gasteiger partial charge in [-0.1, -0.05) is 42.8 Å². The summed E-state index contributed by atoms with van der Waals surface area (Å²) in [5.41, 5.74) is 3.28. The largest absolute Gasteiger partial charge is 0.487 e. The van der Waals surface area contributed by atoms with Crippen molar-refractivity contribution in [2.45, 2.75) is 69.8 Å². The molecule has 1 amide bonds. The number of amides is 1. The predicted octanol–water partition coefficient (Wildman–Crippen LogP) is 6.78. The fourth-order valence-corrected chi connectivity index (χ4v) is 9.58. The molecule has 2 N–H and O–H groups in total. The number of ether oxygens (including phenoxy) is 1. The number of aryl methyl sites for hydroxylation is 1. The molecule has 3 aromatic rings. The molecule has 3 heterocycles. The summed E-state index contributed by atoms with van der Waals surface area (Å²) < 4.78 is 36.5. The molecule has 240 valence electrons. The predicted molar refractivity (Wildman–Crippen MR) is 181 cm³/mol. The highest BCUT2D eigenvalue weighted by Gasteiger charge is 2.38. The van der Waals surface area contributed by atoms with Crippen molar-refractivity contribution in [3.05, 3.63) is 92.7 Å². The standard InChI is InChI=1S/C35H41ClN2O5S2/c1-23-6-4-9-32(39)30-14-11-26(30)21-38-16-3-2-7-24-18-28(36)13-10-27(24)22-43-33-15-12-25(19-31(33)38)35(40)37-45(41,42)34(23)20-29-8-5-17-44-29/h4-5,8-10,12-13,15,17-19,23,26,30,32,34,39H,2-3,6-7,11,14,16,20-22H2,1H3,(H,37,40)/b9-4+/t23?,26-,30+,32-,34?/m0/s1. The zero-order valence-electron chi connectivity index (χ0n) is 25.5. The van der Waals surface area contributed by atoms with Crippen molar-refractivity contribution in [3.63, 3.8) is 0 Å². The molecule has 3 aliphatic rings. The Hall–Kier alpha value is -2.85. The maximum absolute atomic E-state index is 13.8. The van der Waals surface area contributed by atoms with Crippen molar-refractivity contribution in [1.82, 2.24) is 4.72 Å².